The molecule has 98 valence electrons. The maximum Gasteiger partial charge on any atom is 0.216 e. The molecule has 2 rings (SSSR count). The lowest BCUT2D eigenvalue weighted by atomic mass is 9.96. The van der Waals surface area contributed by atoms with Gasteiger partial charge in [-0.15, -0.1) is 0 Å². The number of rotatable bonds is 3. The summed E-state index contributed by atoms with van der Waals surface area (Å²) in [7, 11) is 0. The fourth-order valence-corrected chi connectivity index (χ4v) is 2.44. The van der Waals surface area contributed by atoms with Crippen molar-refractivity contribution < 1.29 is 4.79 Å². The minimum atomic E-state index is 0.0540. The Labute approximate surface area is 112 Å². The predicted octanol–water partition coefficient (Wildman–Crippen LogP) is 2.09. The quantitative estimate of drug-likeness (QED) is 0.853. The zero-order valence-corrected chi connectivity index (χ0v) is 11.3. The van der Waals surface area contributed by atoms with Gasteiger partial charge in [0.05, 0.1) is 0 Å². The summed E-state index contributed by atoms with van der Waals surface area (Å²) in [6.45, 7) is 4.36. The Morgan fingerprint density at radius 1 is 1.56 bits per heavy atom. The van der Waals surface area contributed by atoms with Crippen LogP contribution in [0.25, 0.3) is 0 Å². The van der Waals surface area contributed by atoms with E-state index in [0.29, 0.717) is 11.1 Å². The van der Waals surface area contributed by atoms with Gasteiger partial charge in [0, 0.05) is 38.4 Å². The molecular formula is C13H18ClN3O. The zero-order chi connectivity index (χ0) is 13.0. The molecular weight excluding hydrogens is 250 g/mol. The van der Waals surface area contributed by atoms with Crippen molar-refractivity contribution >= 4 is 23.2 Å². The van der Waals surface area contributed by atoms with Crippen LogP contribution in [0.2, 0.25) is 5.15 Å². The molecule has 1 saturated heterocycles. The summed E-state index contributed by atoms with van der Waals surface area (Å²) < 4.78 is 0. The van der Waals surface area contributed by atoms with Crippen molar-refractivity contribution in [1.82, 2.24) is 10.3 Å². The third-order valence-electron chi connectivity index (χ3n) is 3.33. The minimum Gasteiger partial charge on any atom is -0.371 e. The number of anilines is 1. The summed E-state index contributed by atoms with van der Waals surface area (Å²) in [4.78, 5) is 17.2. The van der Waals surface area contributed by atoms with Gasteiger partial charge < -0.3 is 10.2 Å². The molecule has 1 amide bonds. The van der Waals surface area contributed by atoms with Crippen LogP contribution in [-0.4, -0.2) is 30.5 Å². The molecule has 0 aromatic carbocycles. The standard InChI is InChI=1S/C13H18ClN3O/c1-10(18)16-9-11-3-6-17(7-4-11)12-2-5-15-13(14)8-12/h2,5,8,11H,3-4,6-7,9H2,1H3,(H,16,18). The number of carbonyl (C=O) groups excluding carboxylic acids is 1. The van der Waals surface area contributed by atoms with E-state index in [1.165, 1.54) is 0 Å². The van der Waals surface area contributed by atoms with E-state index in [1.807, 2.05) is 12.1 Å². The second kappa shape index (κ2) is 6.05. The Morgan fingerprint density at radius 3 is 2.89 bits per heavy atom. The van der Waals surface area contributed by atoms with E-state index in [9.17, 15) is 4.79 Å². The number of halogens is 1. The Bertz CT molecular complexity index is 416. The molecule has 0 spiro atoms. The van der Waals surface area contributed by atoms with Crippen molar-refractivity contribution in [2.75, 3.05) is 24.5 Å². The molecule has 18 heavy (non-hydrogen) atoms. The van der Waals surface area contributed by atoms with E-state index in [-0.39, 0.29) is 5.91 Å². The molecule has 0 bridgehead atoms. The fraction of sp³-hybridized carbons (Fsp3) is 0.538. The lowest BCUT2D eigenvalue weighted by Gasteiger charge is -2.33. The van der Waals surface area contributed by atoms with E-state index < -0.39 is 0 Å². The van der Waals surface area contributed by atoms with Gasteiger partial charge in [0.1, 0.15) is 5.15 Å². The molecule has 0 radical (unpaired) electrons. The van der Waals surface area contributed by atoms with Crippen LogP contribution in [0, 0.1) is 5.92 Å². The van der Waals surface area contributed by atoms with Gasteiger partial charge in [-0.25, -0.2) is 4.98 Å². The number of nitrogens with one attached hydrogen (secondary N) is 1. The Kier molecular flexibility index (Phi) is 4.42. The first-order valence-electron chi connectivity index (χ1n) is 6.26. The second-order valence-electron chi connectivity index (χ2n) is 4.70. The average molecular weight is 268 g/mol. The number of aromatic nitrogens is 1. The number of carbonyl (C=O) groups is 1. The molecule has 1 fully saturated rings. The first-order chi connectivity index (χ1) is 8.65. The average Bonchev–Trinajstić information content (AvgIpc) is 2.37. The Morgan fingerprint density at radius 2 is 2.28 bits per heavy atom. The highest BCUT2D eigenvalue weighted by Gasteiger charge is 2.19. The van der Waals surface area contributed by atoms with E-state index in [4.69, 9.17) is 11.6 Å². The molecule has 2 heterocycles. The van der Waals surface area contributed by atoms with Crippen LogP contribution < -0.4 is 10.2 Å². The van der Waals surface area contributed by atoms with Gasteiger partial charge in [0.25, 0.3) is 0 Å². The summed E-state index contributed by atoms with van der Waals surface area (Å²) in [5.74, 6) is 0.640. The van der Waals surface area contributed by atoms with Crippen molar-refractivity contribution in [2.24, 2.45) is 5.92 Å². The topological polar surface area (TPSA) is 45.2 Å². The smallest absolute Gasteiger partial charge is 0.216 e. The third-order valence-corrected chi connectivity index (χ3v) is 3.54. The summed E-state index contributed by atoms with van der Waals surface area (Å²) >= 11 is 5.89. The highest BCUT2D eigenvalue weighted by Crippen LogP contribution is 2.24. The van der Waals surface area contributed by atoms with Gasteiger partial charge in [-0.2, -0.15) is 0 Å². The largest absolute Gasteiger partial charge is 0.371 e. The Balaban J connectivity index is 1.85. The molecule has 5 heteroatoms. The van der Waals surface area contributed by atoms with Crippen LogP contribution in [0.3, 0.4) is 0 Å². The van der Waals surface area contributed by atoms with Crippen LogP contribution in [0.5, 0.6) is 0 Å². The highest BCUT2D eigenvalue weighted by molar-refractivity contribution is 6.29. The van der Waals surface area contributed by atoms with Gasteiger partial charge in [0.15, 0.2) is 0 Å². The van der Waals surface area contributed by atoms with Gasteiger partial charge in [-0.05, 0) is 30.9 Å². The van der Waals surface area contributed by atoms with Crippen LogP contribution in [-0.2, 0) is 4.79 Å². The summed E-state index contributed by atoms with van der Waals surface area (Å²) in [5.41, 5.74) is 1.13. The molecule has 1 aliphatic heterocycles. The number of piperidine rings is 1. The second-order valence-corrected chi connectivity index (χ2v) is 5.09. The van der Waals surface area contributed by atoms with E-state index in [0.717, 1.165) is 38.2 Å². The third kappa shape index (κ3) is 3.60. The monoisotopic (exact) mass is 267 g/mol. The predicted molar refractivity (Wildman–Crippen MR) is 72.9 cm³/mol. The maximum absolute atomic E-state index is 10.9. The van der Waals surface area contributed by atoms with Crippen molar-refractivity contribution in [3.63, 3.8) is 0 Å². The van der Waals surface area contributed by atoms with Gasteiger partial charge in [-0.3, -0.25) is 4.79 Å². The van der Waals surface area contributed by atoms with Crippen molar-refractivity contribution in [2.45, 2.75) is 19.8 Å². The molecule has 0 saturated carbocycles. The first-order valence-corrected chi connectivity index (χ1v) is 6.64. The molecule has 1 aromatic heterocycles. The van der Waals surface area contributed by atoms with Crippen LogP contribution in [0.1, 0.15) is 19.8 Å². The van der Waals surface area contributed by atoms with Gasteiger partial charge >= 0.3 is 0 Å². The van der Waals surface area contributed by atoms with Gasteiger partial charge in [0.2, 0.25) is 5.91 Å². The molecule has 1 aromatic rings. The van der Waals surface area contributed by atoms with Crippen molar-refractivity contribution in [3.05, 3.63) is 23.5 Å². The van der Waals surface area contributed by atoms with Crippen molar-refractivity contribution in [3.8, 4) is 0 Å². The lowest BCUT2D eigenvalue weighted by Crippen LogP contribution is -2.38. The number of hydrogen-bond acceptors (Lipinski definition) is 3. The maximum atomic E-state index is 10.9. The summed E-state index contributed by atoms with van der Waals surface area (Å²) in [6.07, 6.45) is 3.93. The Hall–Kier alpha value is -1.29. The number of hydrogen-bond donors (Lipinski definition) is 1. The fourth-order valence-electron chi connectivity index (χ4n) is 2.27. The SMILES string of the molecule is CC(=O)NCC1CCN(c2ccnc(Cl)c2)CC1. The zero-order valence-electron chi connectivity index (χ0n) is 10.5. The molecule has 1 aliphatic rings. The molecule has 0 unspecified atom stereocenters. The van der Waals surface area contributed by atoms with E-state index >= 15 is 0 Å². The van der Waals surface area contributed by atoms with Crippen LogP contribution >= 0.6 is 11.6 Å². The van der Waals surface area contributed by atoms with Crippen molar-refractivity contribution in [1.29, 1.82) is 0 Å². The minimum absolute atomic E-state index is 0.0540. The first kappa shape index (κ1) is 13.1. The van der Waals surface area contributed by atoms with Crippen LogP contribution in [0.15, 0.2) is 18.3 Å². The van der Waals surface area contributed by atoms with Gasteiger partial charge in [-0.1, -0.05) is 11.6 Å². The normalized spacial score (nSPS) is 16.7. The number of pyridine rings is 1. The molecule has 0 aliphatic carbocycles. The van der Waals surface area contributed by atoms with E-state index in [1.54, 1.807) is 13.1 Å². The lowest BCUT2D eigenvalue weighted by molar-refractivity contribution is -0.119. The van der Waals surface area contributed by atoms with Crippen LogP contribution in [0.4, 0.5) is 5.69 Å². The summed E-state index contributed by atoms with van der Waals surface area (Å²) in [6, 6.07) is 3.88. The molecule has 1 N–H and O–H groups in total. The highest BCUT2D eigenvalue weighted by atomic mass is 35.5. The summed E-state index contributed by atoms with van der Waals surface area (Å²) in [5, 5.41) is 3.43. The van der Waals surface area contributed by atoms with E-state index in [2.05, 4.69) is 15.2 Å². The number of nitrogens with zero attached hydrogens (tertiary/aromatic N) is 2. The molecule has 0 atom stereocenters. The molecule has 4 nitrogen and oxygen atoms in total. The number of amides is 1.